The molecule has 0 saturated carbocycles. The number of hydrogen-bond acceptors (Lipinski definition) is 4. The Bertz CT molecular complexity index is 509. The highest BCUT2D eigenvalue weighted by Crippen LogP contribution is 2.34. The highest BCUT2D eigenvalue weighted by atomic mass is 35.5. The van der Waals surface area contributed by atoms with Gasteiger partial charge >= 0.3 is 11.9 Å². The Morgan fingerprint density at radius 3 is 2.18 bits per heavy atom. The third kappa shape index (κ3) is 6.86. The van der Waals surface area contributed by atoms with Crippen LogP contribution in [0.5, 0.6) is 5.75 Å². The van der Waals surface area contributed by atoms with Crippen molar-refractivity contribution < 1.29 is 19.1 Å². The summed E-state index contributed by atoms with van der Waals surface area (Å²) in [4.78, 5) is 23.0. The first-order valence-electron chi connectivity index (χ1n) is 6.95. The largest absolute Gasteiger partial charge is 0.466 e. The summed E-state index contributed by atoms with van der Waals surface area (Å²) in [6.07, 6.45) is 2.44. The molecule has 0 aliphatic rings. The first-order valence-corrected chi connectivity index (χ1v) is 8.08. The maximum atomic E-state index is 11.7. The molecule has 7 heteroatoms. The van der Waals surface area contributed by atoms with E-state index in [1.54, 1.807) is 0 Å². The molecule has 0 N–H and O–H groups in total. The Balaban J connectivity index is 2.33. The van der Waals surface area contributed by atoms with Gasteiger partial charge in [0.2, 0.25) is 0 Å². The van der Waals surface area contributed by atoms with Gasteiger partial charge in [0.15, 0.2) is 0 Å². The summed E-state index contributed by atoms with van der Waals surface area (Å²) in [5.41, 5.74) is 0. The van der Waals surface area contributed by atoms with Crippen molar-refractivity contribution in [3.63, 3.8) is 0 Å². The molecule has 0 aliphatic heterocycles. The number of unbranched alkanes of at least 4 members (excludes halogenated alkanes) is 1. The van der Waals surface area contributed by atoms with E-state index in [0.29, 0.717) is 13.0 Å². The number of ether oxygens (including phenoxy) is 2. The number of carbonyl (C=O) groups excluding carboxylic acids is 2. The molecule has 0 heterocycles. The first kappa shape index (κ1) is 19.1. The van der Waals surface area contributed by atoms with E-state index in [9.17, 15) is 9.59 Å². The van der Waals surface area contributed by atoms with Gasteiger partial charge in [0.05, 0.1) is 21.7 Å². The van der Waals surface area contributed by atoms with E-state index < -0.39 is 5.97 Å². The minimum absolute atomic E-state index is 0.0980. The smallest absolute Gasteiger partial charge is 0.311 e. The molecule has 122 valence electrons. The normalized spacial score (nSPS) is 10.4. The van der Waals surface area contributed by atoms with Gasteiger partial charge in [0.1, 0.15) is 5.75 Å². The van der Waals surface area contributed by atoms with Crippen LogP contribution < -0.4 is 4.74 Å². The average molecular weight is 368 g/mol. The molecule has 0 unspecified atom stereocenters. The van der Waals surface area contributed by atoms with Crippen LogP contribution in [0.1, 0.15) is 39.0 Å². The van der Waals surface area contributed by atoms with Crippen molar-refractivity contribution in [3.8, 4) is 5.75 Å². The maximum absolute atomic E-state index is 11.7. The van der Waals surface area contributed by atoms with Gasteiger partial charge in [-0.15, -0.1) is 0 Å². The van der Waals surface area contributed by atoms with E-state index in [1.807, 2.05) is 6.92 Å². The van der Waals surface area contributed by atoms with Gasteiger partial charge in [-0.2, -0.15) is 0 Å². The van der Waals surface area contributed by atoms with Crippen molar-refractivity contribution in [2.75, 3.05) is 6.61 Å². The third-order valence-corrected chi connectivity index (χ3v) is 3.91. The topological polar surface area (TPSA) is 52.6 Å². The van der Waals surface area contributed by atoms with Crippen LogP contribution in [0.15, 0.2) is 12.1 Å². The maximum Gasteiger partial charge on any atom is 0.311 e. The molecule has 1 rings (SSSR count). The second-order valence-electron chi connectivity index (χ2n) is 4.60. The van der Waals surface area contributed by atoms with Gasteiger partial charge in [-0.3, -0.25) is 9.59 Å². The van der Waals surface area contributed by atoms with E-state index in [4.69, 9.17) is 44.3 Å². The lowest BCUT2D eigenvalue weighted by molar-refractivity contribution is -0.144. The first-order chi connectivity index (χ1) is 10.4. The molecule has 0 aliphatic carbocycles. The summed E-state index contributed by atoms with van der Waals surface area (Å²) in [5, 5.41) is 0.617. The fourth-order valence-electron chi connectivity index (χ4n) is 1.55. The standard InChI is InChI=1S/C15H17Cl3O4/c1-2-3-7-21-13(19)5-4-6-14(20)22-10-8-11(16)15(18)12(17)9-10/h8-9H,2-7H2,1H3. The lowest BCUT2D eigenvalue weighted by Crippen LogP contribution is -2.10. The highest BCUT2D eigenvalue weighted by molar-refractivity contribution is 6.48. The summed E-state index contributed by atoms with van der Waals surface area (Å²) in [7, 11) is 0. The molecular formula is C15H17Cl3O4. The molecule has 0 saturated heterocycles. The van der Waals surface area contributed by atoms with Gasteiger partial charge < -0.3 is 9.47 Å². The van der Waals surface area contributed by atoms with Crippen LogP contribution >= 0.6 is 34.8 Å². The second kappa shape index (κ2) is 9.93. The minimum Gasteiger partial charge on any atom is -0.466 e. The Hall–Kier alpha value is -0.970. The molecule has 0 aromatic heterocycles. The number of benzene rings is 1. The monoisotopic (exact) mass is 366 g/mol. The number of hydrogen-bond donors (Lipinski definition) is 0. The van der Waals surface area contributed by atoms with E-state index in [-0.39, 0.29) is 39.6 Å². The van der Waals surface area contributed by atoms with Crippen molar-refractivity contribution >= 4 is 46.7 Å². The molecule has 4 nitrogen and oxygen atoms in total. The lowest BCUT2D eigenvalue weighted by Gasteiger charge is -2.07. The molecule has 0 spiro atoms. The van der Waals surface area contributed by atoms with Gasteiger partial charge in [-0.1, -0.05) is 48.1 Å². The predicted molar refractivity (Wildman–Crippen MR) is 86.8 cm³/mol. The van der Waals surface area contributed by atoms with Crippen molar-refractivity contribution in [2.45, 2.75) is 39.0 Å². The van der Waals surface area contributed by atoms with E-state index in [0.717, 1.165) is 12.8 Å². The Morgan fingerprint density at radius 1 is 1.00 bits per heavy atom. The van der Waals surface area contributed by atoms with Gasteiger partial charge in [0.25, 0.3) is 0 Å². The Kier molecular flexibility index (Phi) is 8.61. The van der Waals surface area contributed by atoms with E-state index >= 15 is 0 Å². The van der Waals surface area contributed by atoms with Gasteiger partial charge in [-0.05, 0) is 12.8 Å². The van der Waals surface area contributed by atoms with Crippen LogP contribution in [0.25, 0.3) is 0 Å². The summed E-state index contributed by atoms with van der Waals surface area (Å²) in [6.45, 7) is 2.43. The fourth-order valence-corrected chi connectivity index (χ4v) is 2.13. The molecular weight excluding hydrogens is 351 g/mol. The number of carbonyl (C=O) groups is 2. The van der Waals surface area contributed by atoms with Crippen LogP contribution in [0.2, 0.25) is 15.1 Å². The van der Waals surface area contributed by atoms with Crippen LogP contribution in [0.3, 0.4) is 0 Å². The summed E-state index contributed by atoms with van der Waals surface area (Å²) < 4.78 is 10.1. The van der Waals surface area contributed by atoms with Crippen molar-refractivity contribution in [3.05, 3.63) is 27.2 Å². The number of halogens is 3. The molecule has 0 atom stereocenters. The zero-order valence-corrected chi connectivity index (χ0v) is 14.4. The van der Waals surface area contributed by atoms with Crippen LogP contribution in [-0.4, -0.2) is 18.5 Å². The van der Waals surface area contributed by atoms with Crippen LogP contribution in [0.4, 0.5) is 0 Å². The Morgan fingerprint density at radius 2 is 1.59 bits per heavy atom. The molecule has 0 radical (unpaired) electrons. The molecule has 0 bridgehead atoms. The van der Waals surface area contributed by atoms with Crippen LogP contribution in [0, 0.1) is 0 Å². The average Bonchev–Trinajstić information content (AvgIpc) is 2.45. The summed E-state index contributed by atoms with van der Waals surface area (Å²) in [6, 6.07) is 2.82. The lowest BCUT2D eigenvalue weighted by atomic mass is 10.2. The zero-order chi connectivity index (χ0) is 16.5. The SMILES string of the molecule is CCCCOC(=O)CCCC(=O)Oc1cc(Cl)c(Cl)c(Cl)c1. The molecule has 0 amide bonds. The van der Waals surface area contributed by atoms with E-state index in [1.165, 1.54) is 12.1 Å². The molecule has 1 aromatic carbocycles. The van der Waals surface area contributed by atoms with Crippen molar-refractivity contribution in [1.82, 2.24) is 0 Å². The zero-order valence-electron chi connectivity index (χ0n) is 12.2. The predicted octanol–water partition coefficient (Wildman–Crippen LogP) is 5.07. The summed E-state index contributed by atoms with van der Waals surface area (Å²) in [5.74, 6) is -0.565. The highest BCUT2D eigenvalue weighted by Gasteiger charge is 2.11. The molecule has 0 fully saturated rings. The third-order valence-electron chi connectivity index (χ3n) is 2.71. The van der Waals surface area contributed by atoms with E-state index in [2.05, 4.69) is 0 Å². The molecule has 22 heavy (non-hydrogen) atoms. The minimum atomic E-state index is -0.476. The number of rotatable bonds is 8. The molecule has 1 aromatic rings. The van der Waals surface area contributed by atoms with Crippen LogP contribution in [-0.2, 0) is 14.3 Å². The van der Waals surface area contributed by atoms with Crippen molar-refractivity contribution in [2.24, 2.45) is 0 Å². The van der Waals surface area contributed by atoms with Gasteiger partial charge in [-0.25, -0.2) is 0 Å². The second-order valence-corrected chi connectivity index (χ2v) is 5.79. The van der Waals surface area contributed by atoms with Gasteiger partial charge in [0, 0.05) is 25.0 Å². The summed E-state index contributed by atoms with van der Waals surface area (Å²) >= 11 is 17.5. The van der Waals surface area contributed by atoms with Crippen molar-refractivity contribution in [1.29, 1.82) is 0 Å². The Labute approximate surface area is 144 Å². The number of esters is 2. The fraction of sp³-hybridized carbons (Fsp3) is 0.467. The quantitative estimate of drug-likeness (QED) is 0.279.